The van der Waals surface area contributed by atoms with Crippen LogP contribution in [0.4, 0.5) is 0 Å². The van der Waals surface area contributed by atoms with Crippen LogP contribution in [0.3, 0.4) is 0 Å². The van der Waals surface area contributed by atoms with E-state index in [1.165, 1.54) is 11.1 Å². The zero-order valence-corrected chi connectivity index (χ0v) is 7.96. The molecule has 0 spiro atoms. The van der Waals surface area contributed by atoms with Crippen molar-refractivity contribution in [2.75, 3.05) is 0 Å². The van der Waals surface area contributed by atoms with Crippen LogP contribution in [0.25, 0.3) is 0 Å². The van der Waals surface area contributed by atoms with E-state index in [0.717, 1.165) is 12.0 Å². The first-order valence-electron chi connectivity index (χ1n) is 4.40. The maximum Gasteiger partial charge on any atom is 0.0790 e. The smallest absolute Gasteiger partial charge is 0.0790 e. The highest BCUT2D eigenvalue weighted by molar-refractivity contribution is 5.31. The molecule has 12 heavy (non-hydrogen) atoms. The van der Waals surface area contributed by atoms with Crippen LogP contribution in [0.2, 0.25) is 0 Å². The molecule has 0 radical (unpaired) electrons. The summed E-state index contributed by atoms with van der Waals surface area (Å²) < 4.78 is 0. The van der Waals surface area contributed by atoms with Gasteiger partial charge in [-0.2, -0.15) is 0 Å². The second-order valence-corrected chi connectivity index (χ2v) is 3.28. The highest BCUT2D eigenvalue weighted by Crippen LogP contribution is 2.20. The first kappa shape index (κ1) is 9.27. The average Bonchev–Trinajstić information content (AvgIpc) is 2.03. The normalized spacial score (nSPS) is 13.0. The maximum atomic E-state index is 9.60. The van der Waals surface area contributed by atoms with Crippen molar-refractivity contribution in [3.8, 4) is 0 Å². The number of aryl methyl sites for hydroxylation is 2. The lowest BCUT2D eigenvalue weighted by Gasteiger charge is -2.11. The molecule has 0 saturated heterocycles. The molecule has 0 heterocycles. The predicted molar refractivity (Wildman–Crippen MR) is 51.2 cm³/mol. The van der Waals surface area contributed by atoms with Gasteiger partial charge in [0, 0.05) is 0 Å². The van der Waals surface area contributed by atoms with Crippen molar-refractivity contribution in [3.05, 3.63) is 34.9 Å². The van der Waals surface area contributed by atoms with Crippen molar-refractivity contribution in [2.45, 2.75) is 33.3 Å². The second-order valence-electron chi connectivity index (χ2n) is 3.28. The van der Waals surface area contributed by atoms with Gasteiger partial charge in [-0.25, -0.2) is 0 Å². The Labute approximate surface area is 74.1 Å². The van der Waals surface area contributed by atoms with Gasteiger partial charge in [-0.05, 0) is 31.4 Å². The number of aliphatic hydroxyl groups excluding tert-OH is 1. The fourth-order valence-electron chi connectivity index (χ4n) is 1.42. The molecule has 0 aliphatic rings. The van der Waals surface area contributed by atoms with Crippen LogP contribution in [-0.4, -0.2) is 5.11 Å². The quantitative estimate of drug-likeness (QED) is 0.712. The molecule has 1 aromatic rings. The van der Waals surface area contributed by atoms with Gasteiger partial charge in [0.25, 0.3) is 0 Å². The SMILES string of the molecule is CCC(O)c1ccc(C)cc1C. The Hall–Kier alpha value is -0.820. The van der Waals surface area contributed by atoms with Crippen LogP contribution in [0.5, 0.6) is 0 Å². The van der Waals surface area contributed by atoms with Crippen molar-refractivity contribution in [3.63, 3.8) is 0 Å². The van der Waals surface area contributed by atoms with Crippen molar-refractivity contribution in [1.29, 1.82) is 0 Å². The molecule has 0 saturated carbocycles. The summed E-state index contributed by atoms with van der Waals surface area (Å²) in [6.07, 6.45) is 0.481. The summed E-state index contributed by atoms with van der Waals surface area (Å²) in [5, 5.41) is 9.60. The third kappa shape index (κ3) is 1.86. The molecule has 1 rings (SSSR count). The molecule has 1 nitrogen and oxygen atoms in total. The van der Waals surface area contributed by atoms with E-state index in [2.05, 4.69) is 13.0 Å². The molecule has 1 aromatic carbocycles. The molecular weight excluding hydrogens is 148 g/mol. The first-order valence-corrected chi connectivity index (χ1v) is 4.40. The minimum absolute atomic E-state index is 0.300. The molecule has 0 aliphatic heterocycles. The van der Waals surface area contributed by atoms with Crippen LogP contribution in [0.1, 0.15) is 36.1 Å². The third-order valence-corrected chi connectivity index (χ3v) is 2.17. The number of aliphatic hydroxyl groups is 1. The Morgan fingerprint density at radius 3 is 2.50 bits per heavy atom. The molecule has 0 amide bonds. The summed E-state index contributed by atoms with van der Waals surface area (Å²) in [4.78, 5) is 0. The fourth-order valence-corrected chi connectivity index (χ4v) is 1.42. The van der Waals surface area contributed by atoms with Crippen molar-refractivity contribution in [1.82, 2.24) is 0 Å². The molecule has 66 valence electrons. The van der Waals surface area contributed by atoms with Gasteiger partial charge in [-0.3, -0.25) is 0 Å². The molecule has 1 N–H and O–H groups in total. The zero-order valence-electron chi connectivity index (χ0n) is 7.96. The van der Waals surface area contributed by atoms with Gasteiger partial charge >= 0.3 is 0 Å². The summed E-state index contributed by atoms with van der Waals surface area (Å²) in [6.45, 7) is 6.10. The van der Waals surface area contributed by atoms with E-state index < -0.39 is 0 Å². The lowest BCUT2D eigenvalue weighted by molar-refractivity contribution is 0.173. The Kier molecular flexibility index (Phi) is 2.88. The number of benzene rings is 1. The van der Waals surface area contributed by atoms with Gasteiger partial charge in [0.05, 0.1) is 6.10 Å². The fraction of sp³-hybridized carbons (Fsp3) is 0.455. The van der Waals surface area contributed by atoms with Gasteiger partial charge < -0.3 is 5.11 Å². The summed E-state index contributed by atoms with van der Waals surface area (Å²) in [5.74, 6) is 0. The molecule has 1 unspecified atom stereocenters. The van der Waals surface area contributed by atoms with Gasteiger partial charge in [-0.1, -0.05) is 30.7 Å². The Bertz CT molecular complexity index is 266. The minimum Gasteiger partial charge on any atom is -0.388 e. The molecule has 0 fully saturated rings. The Morgan fingerprint density at radius 1 is 1.33 bits per heavy atom. The molecule has 0 aliphatic carbocycles. The third-order valence-electron chi connectivity index (χ3n) is 2.17. The van der Waals surface area contributed by atoms with Crippen molar-refractivity contribution in [2.24, 2.45) is 0 Å². The molecule has 0 aromatic heterocycles. The molecule has 0 bridgehead atoms. The average molecular weight is 164 g/mol. The van der Waals surface area contributed by atoms with Crippen LogP contribution in [0, 0.1) is 13.8 Å². The Morgan fingerprint density at radius 2 is 2.00 bits per heavy atom. The largest absolute Gasteiger partial charge is 0.388 e. The number of hydrogen-bond acceptors (Lipinski definition) is 1. The standard InChI is InChI=1S/C11H16O/c1-4-11(12)10-6-5-8(2)7-9(10)3/h5-7,11-12H,4H2,1-3H3. The summed E-state index contributed by atoms with van der Waals surface area (Å²) in [7, 11) is 0. The van der Waals surface area contributed by atoms with Crippen LogP contribution in [-0.2, 0) is 0 Å². The molecule has 1 atom stereocenters. The Balaban J connectivity index is 3.01. The lowest BCUT2D eigenvalue weighted by atomic mass is 10.00. The van der Waals surface area contributed by atoms with Gasteiger partial charge in [0.15, 0.2) is 0 Å². The predicted octanol–water partition coefficient (Wildman–Crippen LogP) is 2.75. The van der Waals surface area contributed by atoms with Gasteiger partial charge in [0.1, 0.15) is 0 Å². The second kappa shape index (κ2) is 3.72. The van der Waals surface area contributed by atoms with E-state index in [4.69, 9.17) is 0 Å². The van der Waals surface area contributed by atoms with E-state index >= 15 is 0 Å². The van der Waals surface area contributed by atoms with E-state index in [1.54, 1.807) is 0 Å². The topological polar surface area (TPSA) is 20.2 Å². The van der Waals surface area contributed by atoms with E-state index in [0.29, 0.717) is 0 Å². The van der Waals surface area contributed by atoms with Gasteiger partial charge in [0.2, 0.25) is 0 Å². The van der Waals surface area contributed by atoms with E-state index in [1.807, 2.05) is 26.0 Å². The van der Waals surface area contributed by atoms with E-state index in [9.17, 15) is 5.11 Å². The molecule has 1 heteroatoms. The summed E-state index contributed by atoms with van der Waals surface area (Å²) >= 11 is 0. The highest BCUT2D eigenvalue weighted by atomic mass is 16.3. The van der Waals surface area contributed by atoms with Crippen LogP contribution < -0.4 is 0 Å². The first-order chi connectivity index (χ1) is 5.65. The number of rotatable bonds is 2. The summed E-state index contributed by atoms with van der Waals surface area (Å²) in [6, 6.07) is 6.16. The zero-order chi connectivity index (χ0) is 9.14. The summed E-state index contributed by atoms with van der Waals surface area (Å²) in [5.41, 5.74) is 3.49. The van der Waals surface area contributed by atoms with Crippen molar-refractivity contribution >= 4 is 0 Å². The van der Waals surface area contributed by atoms with E-state index in [-0.39, 0.29) is 6.10 Å². The van der Waals surface area contributed by atoms with Crippen LogP contribution >= 0.6 is 0 Å². The van der Waals surface area contributed by atoms with Gasteiger partial charge in [-0.15, -0.1) is 0 Å². The highest BCUT2D eigenvalue weighted by Gasteiger charge is 2.06. The number of hydrogen-bond donors (Lipinski definition) is 1. The molecular formula is C11H16O. The van der Waals surface area contributed by atoms with Crippen molar-refractivity contribution < 1.29 is 5.11 Å². The minimum atomic E-state index is -0.300. The van der Waals surface area contributed by atoms with Crippen LogP contribution in [0.15, 0.2) is 18.2 Å². The monoisotopic (exact) mass is 164 g/mol. The maximum absolute atomic E-state index is 9.60. The lowest BCUT2D eigenvalue weighted by Crippen LogP contribution is -1.98.